The lowest BCUT2D eigenvalue weighted by molar-refractivity contribution is 0.417. The van der Waals surface area contributed by atoms with Crippen molar-refractivity contribution in [3.8, 4) is 23.0 Å². The number of rotatable bonds is 2. The maximum absolute atomic E-state index is 5.20. The first kappa shape index (κ1) is 9.84. The Labute approximate surface area is 97.9 Å². The van der Waals surface area contributed by atoms with Gasteiger partial charge in [-0.15, -0.1) is 0 Å². The highest BCUT2D eigenvalue weighted by Crippen LogP contribution is 2.22. The second-order valence-corrected chi connectivity index (χ2v) is 3.77. The monoisotopic (exact) mass is 226 g/mol. The first-order valence-electron chi connectivity index (χ1n) is 5.27. The molecule has 0 N–H and O–H groups in total. The minimum absolute atomic E-state index is 0.395. The van der Waals surface area contributed by atoms with Crippen molar-refractivity contribution in [3.05, 3.63) is 48.2 Å². The summed E-state index contributed by atoms with van der Waals surface area (Å²) in [5.41, 5.74) is 2.10. The number of furan rings is 1. The molecule has 84 valence electrons. The molecule has 0 amide bonds. The molecule has 0 saturated heterocycles. The van der Waals surface area contributed by atoms with Gasteiger partial charge >= 0.3 is 0 Å². The second-order valence-electron chi connectivity index (χ2n) is 3.77. The third-order valence-electron chi connectivity index (χ3n) is 2.43. The molecule has 0 radical (unpaired) electrons. The molecule has 0 bridgehead atoms. The summed E-state index contributed by atoms with van der Waals surface area (Å²) < 4.78 is 10.3. The van der Waals surface area contributed by atoms with Gasteiger partial charge < -0.3 is 8.94 Å². The number of hydrogen-bond acceptors (Lipinski definition) is 4. The molecule has 0 spiro atoms. The van der Waals surface area contributed by atoms with Gasteiger partial charge in [0.05, 0.1) is 6.26 Å². The van der Waals surface area contributed by atoms with Crippen LogP contribution in [0.15, 0.2) is 51.6 Å². The summed E-state index contributed by atoms with van der Waals surface area (Å²) in [6, 6.07) is 11.5. The molecule has 0 aliphatic heterocycles. The van der Waals surface area contributed by atoms with Crippen LogP contribution in [0.5, 0.6) is 0 Å². The Morgan fingerprint density at radius 3 is 2.82 bits per heavy atom. The maximum Gasteiger partial charge on any atom is 0.293 e. The molecule has 0 aliphatic carbocycles. The van der Waals surface area contributed by atoms with Crippen LogP contribution in [0.4, 0.5) is 0 Å². The van der Waals surface area contributed by atoms with E-state index in [1.54, 1.807) is 18.4 Å². The van der Waals surface area contributed by atoms with Gasteiger partial charge in [-0.3, -0.25) is 0 Å². The molecule has 1 aromatic carbocycles. The third-order valence-corrected chi connectivity index (χ3v) is 2.43. The van der Waals surface area contributed by atoms with E-state index in [2.05, 4.69) is 10.1 Å². The molecule has 0 aliphatic rings. The molecule has 3 aromatic rings. The van der Waals surface area contributed by atoms with Crippen LogP contribution in [-0.2, 0) is 0 Å². The van der Waals surface area contributed by atoms with Gasteiger partial charge in [-0.25, -0.2) is 0 Å². The average Bonchev–Trinajstić information content (AvgIpc) is 3.00. The van der Waals surface area contributed by atoms with Crippen molar-refractivity contribution in [1.29, 1.82) is 0 Å². The fourth-order valence-electron chi connectivity index (χ4n) is 1.63. The molecule has 2 heterocycles. The van der Waals surface area contributed by atoms with Crippen LogP contribution in [0.3, 0.4) is 0 Å². The van der Waals surface area contributed by atoms with E-state index in [9.17, 15) is 0 Å². The molecule has 0 saturated carbocycles. The van der Waals surface area contributed by atoms with Gasteiger partial charge in [0.1, 0.15) is 0 Å². The van der Waals surface area contributed by atoms with E-state index in [1.165, 1.54) is 0 Å². The number of hydrogen-bond donors (Lipinski definition) is 0. The minimum Gasteiger partial charge on any atom is -0.459 e. The van der Waals surface area contributed by atoms with Gasteiger partial charge in [0.15, 0.2) is 5.76 Å². The predicted octanol–water partition coefficient (Wildman–Crippen LogP) is 3.31. The smallest absolute Gasteiger partial charge is 0.293 e. The Morgan fingerprint density at radius 1 is 1.12 bits per heavy atom. The Hall–Kier alpha value is -2.36. The molecule has 0 atom stereocenters. The van der Waals surface area contributed by atoms with Crippen LogP contribution in [0.1, 0.15) is 5.56 Å². The SMILES string of the molecule is Cc1cccc(-c2noc(-c3ccco3)n2)c1. The first-order valence-corrected chi connectivity index (χ1v) is 5.27. The Balaban J connectivity index is 2.01. The zero-order chi connectivity index (χ0) is 11.7. The van der Waals surface area contributed by atoms with Crippen LogP contribution in [0.25, 0.3) is 23.0 Å². The molecule has 0 unspecified atom stereocenters. The van der Waals surface area contributed by atoms with E-state index in [4.69, 9.17) is 8.94 Å². The molecular formula is C13H10N2O2. The summed E-state index contributed by atoms with van der Waals surface area (Å²) in [4.78, 5) is 4.29. The standard InChI is InChI=1S/C13H10N2O2/c1-9-4-2-5-10(8-9)12-14-13(17-15-12)11-6-3-7-16-11/h2-8H,1H3. The van der Waals surface area contributed by atoms with Crippen LogP contribution < -0.4 is 0 Å². The summed E-state index contributed by atoms with van der Waals surface area (Å²) >= 11 is 0. The molecular weight excluding hydrogens is 216 g/mol. The Bertz CT molecular complexity index is 626. The highest BCUT2D eigenvalue weighted by Gasteiger charge is 2.12. The lowest BCUT2D eigenvalue weighted by Crippen LogP contribution is -1.81. The van der Waals surface area contributed by atoms with Gasteiger partial charge in [-0.05, 0) is 25.1 Å². The lowest BCUT2D eigenvalue weighted by Gasteiger charge is -1.94. The van der Waals surface area contributed by atoms with Crippen LogP contribution in [0, 0.1) is 6.92 Å². The molecule has 2 aromatic heterocycles. The summed E-state index contributed by atoms with van der Waals surface area (Å²) in [5.74, 6) is 1.54. The zero-order valence-electron chi connectivity index (χ0n) is 9.25. The fourth-order valence-corrected chi connectivity index (χ4v) is 1.63. The summed E-state index contributed by atoms with van der Waals surface area (Å²) in [7, 11) is 0. The fraction of sp³-hybridized carbons (Fsp3) is 0.0769. The van der Waals surface area contributed by atoms with E-state index < -0.39 is 0 Å². The lowest BCUT2D eigenvalue weighted by atomic mass is 10.1. The topological polar surface area (TPSA) is 52.1 Å². The summed E-state index contributed by atoms with van der Waals surface area (Å²) in [5, 5.41) is 3.94. The maximum atomic E-state index is 5.20. The van der Waals surface area contributed by atoms with Gasteiger partial charge in [0, 0.05) is 5.56 Å². The van der Waals surface area contributed by atoms with E-state index in [-0.39, 0.29) is 0 Å². The van der Waals surface area contributed by atoms with Crippen molar-refractivity contribution in [1.82, 2.24) is 10.1 Å². The van der Waals surface area contributed by atoms with E-state index in [0.29, 0.717) is 17.5 Å². The molecule has 4 heteroatoms. The van der Waals surface area contributed by atoms with E-state index in [0.717, 1.165) is 11.1 Å². The van der Waals surface area contributed by atoms with Gasteiger partial charge in [0.25, 0.3) is 5.89 Å². The van der Waals surface area contributed by atoms with Gasteiger partial charge in [-0.1, -0.05) is 28.9 Å². The van der Waals surface area contributed by atoms with Crippen molar-refractivity contribution in [2.45, 2.75) is 6.92 Å². The van der Waals surface area contributed by atoms with Crippen molar-refractivity contribution < 1.29 is 8.94 Å². The van der Waals surface area contributed by atoms with Gasteiger partial charge in [0.2, 0.25) is 5.82 Å². The molecule has 4 nitrogen and oxygen atoms in total. The predicted molar refractivity (Wildman–Crippen MR) is 62.2 cm³/mol. The van der Waals surface area contributed by atoms with Crippen LogP contribution in [0.2, 0.25) is 0 Å². The first-order chi connectivity index (χ1) is 8.33. The Kier molecular flexibility index (Phi) is 2.26. The highest BCUT2D eigenvalue weighted by molar-refractivity contribution is 5.58. The van der Waals surface area contributed by atoms with Crippen molar-refractivity contribution >= 4 is 0 Å². The summed E-state index contributed by atoms with van der Waals surface area (Å²) in [6.07, 6.45) is 1.58. The Morgan fingerprint density at radius 2 is 2.06 bits per heavy atom. The minimum atomic E-state index is 0.395. The van der Waals surface area contributed by atoms with E-state index in [1.807, 2.05) is 31.2 Å². The number of aromatic nitrogens is 2. The number of nitrogens with zero attached hydrogens (tertiary/aromatic N) is 2. The third kappa shape index (κ3) is 1.85. The van der Waals surface area contributed by atoms with Crippen LogP contribution >= 0.6 is 0 Å². The molecule has 17 heavy (non-hydrogen) atoms. The highest BCUT2D eigenvalue weighted by atomic mass is 16.5. The van der Waals surface area contributed by atoms with Crippen molar-refractivity contribution in [2.24, 2.45) is 0 Å². The van der Waals surface area contributed by atoms with Crippen molar-refractivity contribution in [2.75, 3.05) is 0 Å². The zero-order valence-corrected chi connectivity index (χ0v) is 9.25. The number of benzene rings is 1. The summed E-state index contributed by atoms with van der Waals surface area (Å²) in [6.45, 7) is 2.02. The average molecular weight is 226 g/mol. The van der Waals surface area contributed by atoms with E-state index >= 15 is 0 Å². The molecule has 0 fully saturated rings. The second kappa shape index (κ2) is 3.90. The van der Waals surface area contributed by atoms with Crippen molar-refractivity contribution in [3.63, 3.8) is 0 Å². The quantitative estimate of drug-likeness (QED) is 0.672. The normalized spacial score (nSPS) is 10.6. The molecule has 3 rings (SSSR count). The number of aryl methyl sites for hydroxylation is 1. The largest absolute Gasteiger partial charge is 0.459 e. The van der Waals surface area contributed by atoms with Crippen LogP contribution in [-0.4, -0.2) is 10.1 Å². The van der Waals surface area contributed by atoms with Gasteiger partial charge in [-0.2, -0.15) is 4.98 Å².